The molecule has 0 saturated heterocycles. The van der Waals surface area contributed by atoms with Gasteiger partial charge < -0.3 is 5.73 Å². The quantitative estimate of drug-likeness (QED) is 0.499. The van der Waals surface area contributed by atoms with Crippen LogP contribution in [0.3, 0.4) is 0 Å². The van der Waals surface area contributed by atoms with Crippen LogP contribution in [-0.2, 0) is 5.41 Å². The number of nitrogens with zero attached hydrogens (tertiary/aromatic N) is 1. The number of nitrogen functional groups attached to an aromatic ring is 1. The summed E-state index contributed by atoms with van der Waals surface area (Å²) in [5.41, 5.74) is 9.47. The highest BCUT2D eigenvalue weighted by atomic mass is 35.6. The zero-order chi connectivity index (χ0) is 17.1. The molecule has 0 amide bonds. The first kappa shape index (κ1) is 19.2. The SMILES string of the molecule is C[Si](C)(C)Cl.Cc1nc(N)sc1-c1cccc(C(C)(C)C)c1. The summed E-state index contributed by atoms with van der Waals surface area (Å²) in [7, 11) is -1.14. The maximum atomic E-state index is 5.75. The van der Waals surface area contributed by atoms with Crippen molar-refractivity contribution < 1.29 is 0 Å². The summed E-state index contributed by atoms with van der Waals surface area (Å²) in [5.74, 6) is 0. The van der Waals surface area contributed by atoms with E-state index in [-0.39, 0.29) is 5.41 Å². The Balaban J connectivity index is 0.000000422. The fourth-order valence-corrected chi connectivity index (χ4v) is 2.64. The normalized spacial score (nSPS) is 11.8. The highest BCUT2D eigenvalue weighted by molar-refractivity contribution is 7.19. The zero-order valence-corrected chi connectivity index (χ0v) is 17.2. The lowest BCUT2D eigenvalue weighted by molar-refractivity contribution is 0.590. The molecule has 0 atom stereocenters. The van der Waals surface area contributed by atoms with Crippen molar-refractivity contribution in [3.8, 4) is 10.4 Å². The third kappa shape index (κ3) is 6.51. The summed E-state index contributed by atoms with van der Waals surface area (Å²) in [6.45, 7) is 14.9. The predicted octanol–water partition coefficient (Wildman–Crippen LogP) is 6.06. The van der Waals surface area contributed by atoms with E-state index in [2.05, 4.69) is 69.7 Å². The van der Waals surface area contributed by atoms with Crippen LogP contribution in [0.5, 0.6) is 0 Å². The van der Waals surface area contributed by atoms with Gasteiger partial charge in [-0.05, 0) is 29.5 Å². The summed E-state index contributed by atoms with van der Waals surface area (Å²) in [4.78, 5) is 5.45. The van der Waals surface area contributed by atoms with Crippen LogP contribution in [0, 0.1) is 6.92 Å². The molecule has 5 heteroatoms. The van der Waals surface area contributed by atoms with E-state index in [4.69, 9.17) is 16.8 Å². The third-order valence-electron chi connectivity index (χ3n) is 2.80. The van der Waals surface area contributed by atoms with Crippen LogP contribution in [0.15, 0.2) is 24.3 Å². The molecular weight excluding hydrogens is 328 g/mol. The molecule has 0 aliphatic rings. The molecule has 2 N–H and O–H groups in total. The fourth-order valence-electron chi connectivity index (χ4n) is 1.81. The zero-order valence-electron chi connectivity index (χ0n) is 14.6. The van der Waals surface area contributed by atoms with Gasteiger partial charge in [0, 0.05) is 0 Å². The Morgan fingerprint density at radius 2 is 1.73 bits per heavy atom. The molecular formula is C17H27ClN2SSi. The fraction of sp³-hybridized carbons (Fsp3) is 0.471. The van der Waals surface area contributed by atoms with Gasteiger partial charge in [-0.25, -0.2) is 4.98 Å². The van der Waals surface area contributed by atoms with Crippen molar-refractivity contribution in [1.82, 2.24) is 4.98 Å². The number of hydrogen-bond donors (Lipinski definition) is 1. The monoisotopic (exact) mass is 354 g/mol. The first-order valence-corrected chi connectivity index (χ1v) is 12.7. The number of thiazole rings is 1. The van der Waals surface area contributed by atoms with Crippen LogP contribution < -0.4 is 5.73 Å². The summed E-state index contributed by atoms with van der Waals surface area (Å²) in [6.07, 6.45) is 0. The summed E-state index contributed by atoms with van der Waals surface area (Å²) < 4.78 is 0. The van der Waals surface area contributed by atoms with Gasteiger partial charge in [0.1, 0.15) is 7.38 Å². The molecule has 2 aromatic rings. The number of benzene rings is 1. The molecule has 0 unspecified atom stereocenters. The molecule has 2 nitrogen and oxygen atoms in total. The topological polar surface area (TPSA) is 38.9 Å². The van der Waals surface area contributed by atoms with Gasteiger partial charge in [-0.3, -0.25) is 0 Å². The van der Waals surface area contributed by atoms with E-state index >= 15 is 0 Å². The molecule has 2 rings (SSSR count). The van der Waals surface area contributed by atoms with Gasteiger partial charge in [0.2, 0.25) is 0 Å². The van der Waals surface area contributed by atoms with E-state index in [9.17, 15) is 0 Å². The number of hydrogen-bond acceptors (Lipinski definition) is 3. The molecule has 0 spiro atoms. The van der Waals surface area contributed by atoms with Gasteiger partial charge in [0.15, 0.2) is 5.13 Å². The van der Waals surface area contributed by atoms with Crippen LogP contribution in [0.1, 0.15) is 32.0 Å². The minimum Gasteiger partial charge on any atom is -0.375 e. The van der Waals surface area contributed by atoms with Crippen molar-refractivity contribution in [1.29, 1.82) is 0 Å². The van der Waals surface area contributed by atoms with Crippen molar-refractivity contribution in [2.75, 3.05) is 5.73 Å². The van der Waals surface area contributed by atoms with Crippen LogP contribution >= 0.6 is 22.4 Å². The minimum atomic E-state index is -1.14. The molecule has 22 heavy (non-hydrogen) atoms. The molecule has 122 valence electrons. The molecule has 1 aromatic carbocycles. The Morgan fingerprint density at radius 3 is 2.14 bits per heavy atom. The van der Waals surface area contributed by atoms with Crippen molar-refractivity contribution in [2.24, 2.45) is 0 Å². The van der Waals surface area contributed by atoms with Gasteiger partial charge in [-0.1, -0.05) is 69.9 Å². The highest BCUT2D eigenvalue weighted by Gasteiger charge is 2.15. The number of aromatic nitrogens is 1. The molecule has 0 saturated carbocycles. The van der Waals surface area contributed by atoms with E-state index in [1.54, 1.807) is 11.3 Å². The summed E-state index contributed by atoms with van der Waals surface area (Å²) >= 11 is 7.22. The Hall–Kier alpha value is -0.843. The molecule has 1 aromatic heterocycles. The van der Waals surface area contributed by atoms with Crippen LogP contribution in [0.25, 0.3) is 10.4 Å². The van der Waals surface area contributed by atoms with E-state index in [0.717, 1.165) is 5.69 Å². The third-order valence-corrected chi connectivity index (χ3v) is 3.84. The van der Waals surface area contributed by atoms with Crippen molar-refractivity contribution in [3.63, 3.8) is 0 Å². The van der Waals surface area contributed by atoms with E-state index in [1.165, 1.54) is 16.0 Å². The van der Waals surface area contributed by atoms with Crippen molar-refractivity contribution in [3.05, 3.63) is 35.5 Å². The van der Waals surface area contributed by atoms with Crippen molar-refractivity contribution >= 4 is 34.9 Å². The molecule has 0 fully saturated rings. The van der Waals surface area contributed by atoms with Gasteiger partial charge in [0.05, 0.1) is 10.6 Å². The number of anilines is 1. The van der Waals surface area contributed by atoms with Gasteiger partial charge in [-0.15, -0.1) is 0 Å². The van der Waals surface area contributed by atoms with Gasteiger partial charge in [0.25, 0.3) is 0 Å². The summed E-state index contributed by atoms with van der Waals surface area (Å²) in [5, 5.41) is 0.638. The average Bonchev–Trinajstić information content (AvgIpc) is 2.65. The van der Waals surface area contributed by atoms with Crippen LogP contribution in [0.2, 0.25) is 19.6 Å². The standard InChI is InChI=1S/C14H18N2S.C3H9ClSi/c1-9-12(17-13(15)16-9)10-6-5-7-11(8-10)14(2,3)4;1-5(2,3)4/h5-8H,1-4H3,(H2,15,16);1-3H3. The number of rotatable bonds is 1. The highest BCUT2D eigenvalue weighted by Crippen LogP contribution is 2.33. The Kier molecular flexibility index (Phi) is 6.24. The molecule has 0 aliphatic heterocycles. The molecule has 0 aliphatic carbocycles. The maximum Gasteiger partial charge on any atom is 0.180 e. The first-order chi connectivity index (χ1) is 9.88. The Bertz CT molecular complexity index is 618. The second-order valence-electron chi connectivity index (χ2n) is 7.36. The second kappa shape index (κ2) is 7.15. The van der Waals surface area contributed by atoms with Crippen molar-refractivity contribution in [2.45, 2.75) is 52.8 Å². The van der Waals surface area contributed by atoms with E-state index < -0.39 is 7.38 Å². The van der Waals surface area contributed by atoms with E-state index in [0.29, 0.717) is 5.13 Å². The average molecular weight is 355 g/mol. The maximum absolute atomic E-state index is 5.75. The molecule has 1 heterocycles. The Morgan fingerprint density at radius 1 is 1.18 bits per heavy atom. The lowest BCUT2D eigenvalue weighted by Gasteiger charge is -2.19. The molecule has 0 bridgehead atoms. The number of aryl methyl sites for hydroxylation is 1. The molecule has 0 radical (unpaired) electrons. The smallest absolute Gasteiger partial charge is 0.180 e. The van der Waals surface area contributed by atoms with Crippen LogP contribution in [0.4, 0.5) is 5.13 Å². The first-order valence-electron chi connectivity index (χ1n) is 7.40. The summed E-state index contributed by atoms with van der Waals surface area (Å²) in [6, 6.07) is 8.63. The Labute approximate surface area is 144 Å². The largest absolute Gasteiger partial charge is 0.375 e. The van der Waals surface area contributed by atoms with E-state index in [1.807, 2.05) is 6.92 Å². The lowest BCUT2D eigenvalue weighted by Crippen LogP contribution is -2.10. The second-order valence-corrected chi connectivity index (χ2v) is 15.9. The lowest BCUT2D eigenvalue weighted by atomic mass is 9.86. The van der Waals surface area contributed by atoms with Crippen LogP contribution in [-0.4, -0.2) is 12.4 Å². The number of nitrogens with two attached hydrogens (primary N) is 1. The number of halogens is 1. The minimum absolute atomic E-state index is 0.167. The van der Waals surface area contributed by atoms with Gasteiger partial charge >= 0.3 is 0 Å². The predicted molar refractivity (Wildman–Crippen MR) is 105 cm³/mol. The van der Waals surface area contributed by atoms with Gasteiger partial charge in [-0.2, -0.15) is 11.1 Å².